The number of aryl methyl sites for hydroxylation is 1. The third-order valence-corrected chi connectivity index (χ3v) is 3.89. The van der Waals surface area contributed by atoms with Gasteiger partial charge in [-0.15, -0.1) is 0 Å². The number of aromatic nitrogens is 1. The first-order chi connectivity index (χ1) is 9.86. The molecule has 1 rings (SSSR count). The molecule has 1 aromatic rings. The van der Waals surface area contributed by atoms with Gasteiger partial charge in [0, 0.05) is 44.1 Å². The van der Waals surface area contributed by atoms with Crippen molar-refractivity contribution in [1.82, 2.24) is 4.57 Å². The first-order valence-electron chi connectivity index (χ1n) is 6.21. The highest BCUT2D eigenvalue weighted by Crippen LogP contribution is 2.18. The van der Waals surface area contributed by atoms with Crippen molar-refractivity contribution in [1.29, 1.82) is 0 Å². The molecule has 7 nitrogen and oxygen atoms in total. The minimum absolute atomic E-state index is 0.120. The van der Waals surface area contributed by atoms with Crippen LogP contribution in [0.15, 0.2) is 17.2 Å². The minimum Gasteiger partial charge on any atom is -0.461 e. The molecule has 0 bridgehead atoms. The average molecular weight is 340 g/mol. The second-order valence-corrected chi connectivity index (χ2v) is 6.77. The standard InChI is InChI=1S/C12H18ClNO6S/c1-14-9-10(21(13,16)17)8-11(14)12(15)20-5-3-4-19-7-6-18-2/h8-9H,3-7H2,1-2H3. The number of carbonyl (C=O) groups is 1. The molecule has 0 saturated carbocycles. The Bertz CT molecular complexity index is 568. The van der Waals surface area contributed by atoms with Gasteiger partial charge in [0.05, 0.1) is 19.8 Å². The van der Waals surface area contributed by atoms with E-state index < -0.39 is 15.0 Å². The molecule has 0 aliphatic carbocycles. The molecule has 0 unspecified atom stereocenters. The smallest absolute Gasteiger partial charge is 0.354 e. The van der Waals surface area contributed by atoms with Crippen molar-refractivity contribution in [2.45, 2.75) is 11.3 Å². The third kappa shape index (κ3) is 6.04. The summed E-state index contributed by atoms with van der Waals surface area (Å²) in [6, 6.07) is 1.18. The number of carbonyl (C=O) groups excluding carboxylic acids is 1. The van der Waals surface area contributed by atoms with Crippen molar-refractivity contribution >= 4 is 25.7 Å². The fraction of sp³-hybridized carbons (Fsp3) is 0.583. The van der Waals surface area contributed by atoms with Crippen LogP contribution in [0.4, 0.5) is 0 Å². The second kappa shape index (κ2) is 8.38. The summed E-state index contributed by atoms with van der Waals surface area (Å²) in [6.07, 6.45) is 1.80. The molecule has 0 aliphatic rings. The number of esters is 1. The molecular formula is C12H18ClNO6S. The SMILES string of the molecule is COCCOCCCOC(=O)c1cc(S(=O)(=O)Cl)cn1C. The van der Waals surface area contributed by atoms with E-state index in [2.05, 4.69) is 0 Å². The van der Waals surface area contributed by atoms with E-state index in [-0.39, 0.29) is 17.2 Å². The van der Waals surface area contributed by atoms with Gasteiger partial charge in [-0.05, 0) is 6.07 Å². The van der Waals surface area contributed by atoms with Crippen molar-refractivity contribution in [3.8, 4) is 0 Å². The normalized spacial score (nSPS) is 11.6. The van der Waals surface area contributed by atoms with Crippen LogP contribution in [0.5, 0.6) is 0 Å². The zero-order valence-electron chi connectivity index (χ0n) is 11.9. The maximum atomic E-state index is 11.8. The highest BCUT2D eigenvalue weighted by molar-refractivity contribution is 8.13. The van der Waals surface area contributed by atoms with Crippen LogP contribution in [0.3, 0.4) is 0 Å². The Labute approximate surface area is 128 Å². The predicted octanol–water partition coefficient (Wildman–Crippen LogP) is 1.16. The molecule has 0 spiro atoms. The monoisotopic (exact) mass is 339 g/mol. The van der Waals surface area contributed by atoms with Crippen LogP contribution in [-0.4, -0.2) is 52.5 Å². The van der Waals surface area contributed by atoms with Gasteiger partial charge in [-0.25, -0.2) is 13.2 Å². The third-order valence-electron chi connectivity index (χ3n) is 2.57. The van der Waals surface area contributed by atoms with E-state index in [1.807, 2.05) is 0 Å². The molecule has 0 aliphatic heterocycles. The van der Waals surface area contributed by atoms with Crippen LogP contribution in [-0.2, 0) is 30.3 Å². The summed E-state index contributed by atoms with van der Waals surface area (Å²) in [6.45, 7) is 1.63. The number of rotatable bonds is 9. The van der Waals surface area contributed by atoms with Gasteiger partial charge < -0.3 is 18.8 Å². The first kappa shape index (κ1) is 18.0. The molecule has 0 radical (unpaired) electrons. The van der Waals surface area contributed by atoms with Crippen molar-refractivity contribution in [3.63, 3.8) is 0 Å². The molecule has 9 heteroatoms. The molecule has 1 heterocycles. The molecule has 120 valence electrons. The Morgan fingerprint density at radius 2 is 2.00 bits per heavy atom. The zero-order valence-corrected chi connectivity index (χ0v) is 13.4. The number of nitrogens with zero attached hydrogens (tertiary/aromatic N) is 1. The van der Waals surface area contributed by atoms with E-state index in [1.54, 1.807) is 7.11 Å². The lowest BCUT2D eigenvalue weighted by Gasteiger charge is -2.06. The van der Waals surface area contributed by atoms with Crippen LogP contribution in [0.2, 0.25) is 0 Å². The number of hydrogen-bond acceptors (Lipinski definition) is 6. The summed E-state index contributed by atoms with van der Waals surface area (Å²) in [4.78, 5) is 11.7. The van der Waals surface area contributed by atoms with Crippen LogP contribution in [0.25, 0.3) is 0 Å². The predicted molar refractivity (Wildman–Crippen MR) is 76.0 cm³/mol. The highest BCUT2D eigenvalue weighted by Gasteiger charge is 2.19. The molecule has 0 saturated heterocycles. The lowest BCUT2D eigenvalue weighted by Crippen LogP contribution is -2.12. The lowest BCUT2D eigenvalue weighted by molar-refractivity contribution is 0.0377. The second-order valence-electron chi connectivity index (χ2n) is 4.20. The van der Waals surface area contributed by atoms with Crippen LogP contribution in [0.1, 0.15) is 16.9 Å². The molecule has 21 heavy (non-hydrogen) atoms. The van der Waals surface area contributed by atoms with Crippen LogP contribution in [0, 0.1) is 0 Å². The van der Waals surface area contributed by atoms with Gasteiger partial charge in [0.25, 0.3) is 9.05 Å². The fourth-order valence-corrected chi connectivity index (χ4v) is 2.30. The largest absolute Gasteiger partial charge is 0.461 e. The maximum Gasteiger partial charge on any atom is 0.354 e. The minimum atomic E-state index is -3.86. The molecule has 0 amide bonds. The Hall–Kier alpha value is -1.09. The molecule has 1 aromatic heterocycles. The molecule has 0 atom stereocenters. The van der Waals surface area contributed by atoms with Crippen molar-refractivity contribution in [2.24, 2.45) is 7.05 Å². The Morgan fingerprint density at radius 1 is 1.29 bits per heavy atom. The summed E-state index contributed by atoms with van der Waals surface area (Å²) in [7, 11) is 4.47. The van der Waals surface area contributed by atoms with E-state index >= 15 is 0 Å². The van der Waals surface area contributed by atoms with Crippen molar-refractivity contribution in [3.05, 3.63) is 18.0 Å². The summed E-state index contributed by atoms with van der Waals surface area (Å²) in [5, 5.41) is 0. The van der Waals surface area contributed by atoms with Gasteiger partial charge in [-0.1, -0.05) is 0 Å². The van der Waals surface area contributed by atoms with E-state index in [9.17, 15) is 13.2 Å². The van der Waals surface area contributed by atoms with Gasteiger partial charge in [0.15, 0.2) is 0 Å². The summed E-state index contributed by atoms with van der Waals surface area (Å²) >= 11 is 0. The summed E-state index contributed by atoms with van der Waals surface area (Å²) in [5.41, 5.74) is 0.120. The lowest BCUT2D eigenvalue weighted by atomic mass is 10.4. The fourth-order valence-electron chi connectivity index (χ4n) is 1.51. The van der Waals surface area contributed by atoms with Crippen molar-refractivity contribution in [2.75, 3.05) is 33.5 Å². The average Bonchev–Trinajstić information content (AvgIpc) is 2.79. The van der Waals surface area contributed by atoms with Gasteiger partial charge in [0.1, 0.15) is 10.6 Å². The molecule has 0 N–H and O–H groups in total. The van der Waals surface area contributed by atoms with Gasteiger partial charge in [-0.3, -0.25) is 0 Å². The van der Waals surface area contributed by atoms with Gasteiger partial charge in [0.2, 0.25) is 0 Å². The van der Waals surface area contributed by atoms with Gasteiger partial charge in [-0.2, -0.15) is 0 Å². The van der Waals surface area contributed by atoms with E-state index in [1.165, 1.54) is 23.9 Å². The van der Waals surface area contributed by atoms with Crippen LogP contribution < -0.4 is 0 Å². The Kier molecular flexibility index (Phi) is 7.16. The Balaban J connectivity index is 2.41. The number of ether oxygens (including phenoxy) is 3. The number of methoxy groups -OCH3 is 1. The van der Waals surface area contributed by atoms with Crippen molar-refractivity contribution < 1.29 is 27.4 Å². The maximum absolute atomic E-state index is 11.8. The van der Waals surface area contributed by atoms with Gasteiger partial charge >= 0.3 is 5.97 Å². The number of halogens is 1. The van der Waals surface area contributed by atoms with Crippen LogP contribution >= 0.6 is 10.7 Å². The number of hydrogen-bond donors (Lipinski definition) is 0. The molecule has 0 fully saturated rings. The highest BCUT2D eigenvalue weighted by atomic mass is 35.7. The first-order valence-corrected chi connectivity index (χ1v) is 8.52. The zero-order chi connectivity index (χ0) is 15.9. The molecular weight excluding hydrogens is 322 g/mol. The molecule has 0 aromatic carbocycles. The van der Waals surface area contributed by atoms with E-state index in [4.69, 9.17) is 24.9 Å². The Morgan fingerprint density at radius 3 is 2.57 bits per heavy atom. The van der Waals surface area contributed by atoms with E-state index in [0.29, 0.717) is 26.2 Å². The quantitative estimate of drug-likeness (QED) is 0.381. The summed E-state index contributed by atoms with van der Waals surface area (Å²) < 4.78 is 38.8. The van der Waals surface area contributed by atoms with E-state index in [0.717, 1.165) is 0 Å². The topological polar surface area (TPSA) is 83.8 Å². The summed E-state index contributed by atoms with van der Waals surface area (Å²) in [5.74, 6) is -0.610.